The zero-order valence-corrected chi connectivity index (χ0v) is 14.5. The maximum atomic E-state index is 11.5. The first-order valence-corrected chi connectivity index (χ1v) is 8.89. The van der Waals surface area contributed by atoms with Crippen molar-refractivity contribution in [1.29, 1.82) is 0 Å². The normalized spacial score (nSPS) is 11.9. The molecule has 0 unspecified atom stereocenters. The molecule has 0 saturated heterocycles. The van der Waals surface area contributed by atoms with Gasteiger partial charge >= 0.3 is 5.97 Å². The molecule has 0 aliphatic carbocycles. The summed E-state index contributed by atoms with van der Waals surface area (Å²) in [5, 5.41) is 8.51. The highest BCUT2D eigenvalue weighted by Gasteiger charge is 1.95. The van der Waals surface area contributed by atoms with Crippen molar-refractivity contribution in [2.75, 3.05) is 0 Å². The summed E-state index contributed by atoms with van der Waals surface area (Å²) in [5.74, 6) is -0.491. The number of carbonyl (C=O) groups is 2. The Labute approximate surface area is 141 Å². The minimum Gasteiger partial charge on any atom is -0.481 e. The summed E-state index contributed by atoms with van der Waals surface area (Å²) >= 11 is 0. The first kappa shape index (κ1) is 21.4. The van der Waals surface area contributed by atoms with Crippen molar-refractivity contribution >= 4 is 11.8 Å². The van der Waals surface area contributed by atoms with Crippen LogP contribution in [-0.2, 0) is 9.59 Å². The van der Waals surface area contributed by atoms with Crippen molar-refractivity contribution in [2.45, 2.75) is 77.6 Å². The largest absolute Gasteiger partial charge is 0.481 e. The lowest BCUT2D eigenvalue weighted by molar-refractivity contribution is -0.137. The predicted molar refractivity (Wildman–Crippen MR) is 96.5 cm³/mol. The van der Waals surface area contributed by atoms with Crippen molar-refractivity contribution in [2.24, 2.45) is 0 Å². The van der Waals surface area contributed by atoms with Crippen molar-refractivity contribution in [1.82, 2.24) is 0 Å². The van der Waals surface area contributed by atoms with Gasteiger partial charge in [0, 0.05) is 12.8 Å². The van der Waals surface area contributed by atoms with E-state index < -0.39 is 5.97 Å². The number of unbranched alkanes of at least 4 members (excludes halogenated alkanes) is 6. The van der Waals surface area contributed by atoms with Gasteiger partial charge in [0.15, 0.2) is 5.78 Å². The van der Waals surface area contributed by atoms with E-state index in [1.807, 2.05) is 18.2 Å². The Hall–Kier alpha value is -1.64. The molecule has 0 rings (SSSR count). The number of carboxylic acids is 1. The van der Waals surface area contributed by atoms with Gasteiger partial charge in [-0.15, -0.1) is 0 Å². The molecule has 3 heteroatoms. The molecule has 0 heterocycles. The summed E-state index contributed by atoms with van der Waals surface area (Å²) in [6.07, 6.45) is 21.9. The lowest BCUT2D eigenvalue weighted by Crippen LogP contribution is -1.93. The van der Waals surface area contributed by atoms with E-state index in [4.69, 9.17) is 5.11 Å². The summed E-state index contributed by atoms with van der Waals surface area (Å²) in [5.41, 5.74) is 0. The van der Waals surface area contributed by atoms with E-state index in [0.717, 1.165) is 57.8 Å². The van der Waals surface area contributed by atoms with E-state index in [0.29, 0.717) is 6.42 Å². The van der Waals surface area contributed by atoms with Crippen LogP contribution in [0.15, 0.2) is 36.5 Å². The SMILES string of the molecule is CCCCCC(=O)/C=C/C=C/C/C=C/CCCCCCC(=O)O. The Balaban J connectivity index is 3.47. The third-order valence-corrected chi connectivity index (χ3v) is 3.51. The van der Waals surface area contributed by atoms with Gasteiger partial charge in [0.05, 0.1) is 0 Å². The standard InChI is InChI=1S/C20H32O3/c1-2-3-13-16-19(21)17-14-11-9-7-5-4-6-8-10-12-15-18-20(22)23/h4-5,9,11,14,17H,2-3,6-8,10,12-13,15-16,18H2,1H3,(H,22,23)/b5-4+,11-9+,17-14+. The second-order valence-corrected chi connectivity index (χ2v) is 5.76. The number of carbonyl (C=O) groups excluding carboxylic acids is 1. The van der Waals surface area contributed by atoms with Gasteiger partial charge in [-0.25, -0.2) is 0 Å². The molecule has 23 heavy (non-hydrogen) atoms. The molecule has 0 amide bonds. The third kappa shape index (κ3) is 18.3. The fraction of sp³-hybridized carbons (Fsp3) is 0.600. The molecule has 0 spiro atoms. The van der Waals surface area contributed by atoms with Crippen LogP contribution in [0.4, 0.5) is 0 Å². The summed E-state index contributed by atoms with van der Waals surface area (Å²) in [7, 11) is 0. The Kier molecular flexibility index (Phi) is 15.5. The Morgan fingerprint density at radius 1 is 0.826 bits per heavy atom. The molecular formula is C20H32O3. The molecule has 0 aromatic rings. The molecule has 3 nitrogen and oxygen atoms in total. The second kappa shape index (κ2) is 16.7. The van der Waals surface area contributed by atoms with Crippen LogP contribution < -0.4 is 0 Å². The topological polar surface area (TPSA) is 54.4 Å². The highest BCUT2D eigenvalue weighted by molar-refractivity contribution is 5.89. The minimum atomic E-state index is -0.701. The van der Waals surface area contributed by atoms with Crippen LogP contribution in [-0.4, -0.2) is 16.9 Å². The van der Waals surface area contributed by atoms with Gasteiger partial charge < -0.3 is 5.11 Å². The highest BCUT2D eigenvalue weighted by Crippen LogP contribution is 2.06. The van der Waals surface area contributed by atoms with Crippen LogP contribution in [0.25, 0.3) is 0 Å². The molecule has 0 aliphatic heterocycles. The van der Waals surface area contributed by atoms with E-state index in [2.05, 4.69) is 19.1 Å². The van der Waals surface area contributed by atoms with Crippen LogP contribution in [0.5, 0.6) is 0 Å². The number of ketones is 1. The van der Waals surface area contributed by atoms with Gasteiger partial charge in [-0.2, -0.15) is 0 Å². The van der Waals surface area contributed by atoms with Crippen molar-refractivity contribution < 1.29 is 14.7 Å². The predicted octanol–water partition coefficient (Wildman–Crippen LogP) is 5.62. The van der Waals surface area contributed by atoms with E-state index in [1.165, 1.54) is 0 Å². The van der Waals surface area contributed by atoms with E-state index >= 15 is 0 Å². The second-order valence-electron chi connectivity index (χ2n) is 5.76. The average molecular weight is 320 g/mol. The maximum Gasteiger partial charge on any atom is 0.303 e. The number of hydrogen-bond acceptors (Lipinski definition) is 2. The van der Waals surface area contributed by atoms with E-state index in [-0.39, 0.29) is 12.2 Å². The maximum absolute atomic E-state index is 11.5. The smallest absolute Gasteiger partial charge is 0.303 e. The molecule has 0 aromatic heterocycles. The van der Waals surface area contributed by atoms with Crippen LogP contribution in [0, 0.1) is 0 Å². The Morgan fingerprint density at radius 3 is 2.30 bits per heavy atom. The van der Waals surface area contributed by atoms with Crippen LogP contribution >= 0.6 is 0 Å². The van der Waals surface area contributed by atoms with Crippen molar-refractivity contribution in [3.05, 3.63) is 36.5 Å². The van der Waals surface area contributed by atoms with Gasteiger partial charge in [-0.3, -0.25) is 9.59 Å². The van der Waals surface area contributed by atoms with Crippen LogP contribution in [0.3, 0.4) is 0 Å². The lowest BCUT2D eigenvalue weighted by atomic mass is 10.1. The van der Waals surface area contributed by atoms with Crippen molar-refractivity contribution in [3.63, 3.8) is 0 Å². The van der Waals surface area contributed by atoms with Gasteiger partial charge in [0.2, 0.25) is 0 Å². The fourth-order valence-corrected chi connectivity index (χ4v) is 2.14. The van der Waals surface area contributed by atoms with E-state index in [1.54, 1.807) is 6.08 Å². The molecular weight excluding hydrogens is 288 g/mol. The summed E-state index contributed by atoms with van der Waals surface area (Å²) in [6, 6.07) is 0. The third-order valence-electron chi connectivity index (χ3n) is 3.51. The summed E-state index contributed by atoms with van der Waals surface area (Å²) in [6.45, 7) is 2.13. The molecule has 0 saturated carbocycles. The molecule has 0 radical (unpaired) electrons. The lowest BCUT2D eigenvalue weighted by Gasteiger charge is -1.96. The van der Waals surface area contributed by atoms with Crippen LogP contribution in [0.1, 0.15) is 77.6 Å². The van der Waals surface area contributed by atoms with Gasteiger partial charge in [-0.1, -0.05) is 63.0 Å². The zero-order chi connectivity index (χ0) is 17.2. The fourth-order valence-electron chi connectivity index (χ4n) is 2.14. The van der Waals surface area contributed by atoms with Crippen molar-refractivity contribution in [3.8, 4) is 0 Å². The Bertz CT molecular complexity index is 392. The molecule has 1 N–H and O–H groups in total. The molecule has 0 bridgehead atoms. The molecule has 130 valence electrons. The summed E-state index contributed by atoms with van der Waals surface area (Å²) < 4.78 is 0. The average Bonchev–Trinajstić information content (AvgIpc) is 2.51. The monoisotopic (exact) mass is 320 g/mol. The number of aliphatic carboxylic acids is 1. The summed E-state index contributed by atoms with van der Waals surface area (Å²) in [4.78, 5) is 21.8. The van der Waals surface area contributed by atoms with Gasteiger partial charge in [-0.05, 0) is 38.2 Å². The Morgan fingerprint density at radius 2 is 1.57 bits per heavy atom. The minimum absolute atomic E-state index is 0.210. The first-order valence-electron chi connectivity index (χ1n) is 8.89. The molecule has 0 atom stereocenters. The molecule has 0 fully saturated rings. The highest BCUT2D eigenvalue weighted by atomic mass is 16.4. The van der Waals surface area contributed by atoms with Crippen LogP contribution in [0.2, 0.25) is 0 Å². The molecule has 0 aromatic carbocycles. The van der Waals surface area contributed by atoms with Gasteiger partial charge in [0.1, 0.15) is 0 Å². The van der Waals surface area contributed by atoms with E-state index in [9.17, 15) is 9.59 Å². The zero-order valence-electron chi connectivity index (χ0n) is 14.5. The molecule has 0 aliphatic rings. The first-order chi connectivity index (χ1) is 11.2. The van der Waals surface area contributed by atoms with Gasteiger partial charge in [0.25, 0.3) is 0 Å². The number of carboxylic acid groups (broad SMARTS) is 1. The number of rotatable bonds is 15. The number of hydrogen-bond donors (Lipinski definition) is 1. The quantitative estimate of drug-likeness (QED) is 0.184. The number of allylic oxidation sites excluding steroid dienone is 6.